The zero-order valence-corrected chi connectivity index (χ0v) is 12.5. The first-order chi connectivity index (χ1) is 9.45. The van der Waals surface area contributed by atoms with E-state index in [-0.39, 0.29) is 30.5 Å². The summed E-state index contributed by atoms with van der Waals surface area (Å²) in [4.78, 5) is 18.4. The van der Waals surface area contributed by atoms with E-state index in [1.807, 2.05) is 6.92 Å². The second kappa shape index (κ2) is 5.78. The third kappa shape index (κ3) is 3.27. The van der Waals surface area contributed by atoms with E-state index in [9.17, 15) is 13.2 Å². The Hall–Kier alpha value is -1.63. The van der Waals surface area contributed by atoms with Gasteiger partial charge in [0.1, 0.15) is 5.82 Å². The van der Waals surface area contributed by atoms with Crippen LogP contribution in [0.2, 0.25) is 0 Å². The van der Waals surface area contributed by atoms with E-state index < -0.39 is 9.84 Å². The van der Waals surface area contributed by atoms with Gasteiger partial charge in [-0.05, 0) is 18.6 Å². The Morgan fingerprint density at radius 3 is 2.55 bits per heavy atom. The van der Waals surface area contributed by atoms with Crippen molar-refractivity contribution in [3.63, 3.8) is 0 Å². The van der Waals surface area contributed by atoms with Gasteiger partial charge in [-0.2, -0.15) is 0 Å². The van der Waals surface area contributed by atoms with Crippen LogP contribution >= 0.6 is 0 Å². The summed E-state index contributed by atoms with van der Waals surface area (Å²) in [6.07, 6.45) is 0.740. The normalized spacial score (nSPS) is 17.8. The molecule has 20 heavy (non-hydrogen) atoms. The van der Waals surface area contributed by atoms with Crippen LogP contribution in [0.4, 0.5) is 5.82 Å². The highest BCUT2D eigenvalue weighted by Crippen LogP contribution is 2.15. The molecule has 0 radical (unpaired) electrons. The van der Waals surface area contributed by atoms with Crippen molar-refractivity contribution < 1.29 is 13.2 Å². The molecule has 0 atom stereocenters. The van der Waals surface area contributed by atoms with Crippen molar-refractivity contribution in [3.05, 3.63) is 23.4 Å². The minimum absolute atomic E-state index is 0.0450. The van der Waals surface area contributed by atoms with Gasteiger partial charge >= 0.3 is 0 Å². The number of pyridine rings is 1. The van der Waals surface area contributed by atoms with Crippen LogP contribution in [0.5, 0.6) is 0 Å². The highest BCUT2D eigenvalue weighted by molar-refractivity contribution is 7.91. The van der Waals surface area contributed by atoms with E-state index >= 15 is 0 Å². The molecule has 0 unspecified atom stereocenters. The number of nitrogens with one attached hydrogen (secondary N) is 1. The third-order valence-electron chi connectivity index (χ3n) is 3.38. The van der Waals surface area contributed by atoms with Crippen LogP contribution in [-0.2, 0) is 16.3 Å². The van der Waals surface area contributed by atoms with Crippen molar-refractivity contribution in [2.24, 2.45) is 0 Å². The topological polar surface area (TPSA) is 79.4 Å². The van der Waals surface area contributed by atoms with Gasteiger partial charge in [0, 0.05) is 31.4 Å². The Bertz CT molecular complexity index is 577. The lowest BCUT2D eigenvalue weighted by molar-refractivity contribution is 0.0770. The summed E-state index contributed by atoms with van der Waals surface area (Å²) in [5, 5.41) is 2.94. The zero-order valence-electron chi connectivity index (χ0n) is 11.7. The Kier molecular flexibility index (Phi) is 4.27. The molecule has 0 aromatic carbocycles. The summed E-state index contributed by atoms with van der Waals surface area (Å²) in [6.45, 7) is 2.50. The molecule has 1 aliphatic heterocycles. The number of rotatable bonds is 3. The van der Waals surface area contributed by atoms with E-state index in [0.29, 0.717) is 11.4 Å². The largest absolute Gasteiger partial charge is 0.373 e. The number of amides is 1. The van der Waals surface area contributed by atoms with E-state index in [4.69, 9.17) is 0 Å². The average molecular weight is 297 g/mol. The number of hydrogen-bond acceptors (Lipinski definition) is 5. The number of aromatic nitrogens is 1. The summed E-state index contributed by atoms with van der Waals surface area (Å²) in [5.41, 5.74) is 1.39. The lowest BCUT2D eigenvalue weighted by Crippen LogP contribution is -2.43. The summed E-state index contributed by atoms with van der Waals surface area (Å²) < 4.78 is 22.8. The molecule has 1 N–H and O–H groups in total. The standard InChI is InChI=1S/C13H19N3O3S/c1-3-11-8-10(9-12(14-2)15-11)13(17)16-4-6-20(18,19)7-5-16/h8-9H,3-7H2,1-2H3,(H,14,15). The molecule has 1 fully saturated rings. The van der Waals surface area contributed by atoms with Crippen LogP contribution in [0.15, 0.2) is 12.1 Å². The molecule has 1 amide bonds. The van der Waals surface area contributed by atoms with Gasteiger partial charge in [0.05, 0.1) is 11.5 Å². The van der Waals surface area contributed by atoms with Crippen molar-refractivity contribution >= 4 is 21.6 Å². The summed E-state index contributed by atoms with van der Waals surface area (Å²) >= 11 is 0. The predicted molar refractivity (Wildman–Crippen MR) is 77.7 cm³/mol. The quantitative estimate of drug-likeness (QED) is 0.881. The maximum Gasteiger partial charge on any atom is 0.254 e. The van der Waals surface area contributed by atoms with Crippen LogP contribution in [0.25, 0.3) is 0 Å². The predicted octanol–water partition coefficient (Wildman–Crippen LogP) is 0.556. The van der Waals surface area contributed by atoms with Gasteiger partial charge in [-0.25, -0.2) is 13.4 Å². The number of nitrogens with zero attached hydrogens (tertiary/aromatic N) is 2. The smallest absolute Gasteiger partial charge is 0.254 e. The molecule has 2 rings (SSSR count). The van der Waals surface area contributed by atoms with Crippen LogP contribution in [-0.4, -0.2) is 55.9 Å². The molecule has 1 saturated heterocycles. The van der Waals surface area contributed by atoms with Crippen molar-refractivity contribution in [2.45, 2.75) is 13.3 Å². The average Bonchev–Trinajstić information content (AvgIpc) is 2.46. The molecular formula is C13H19N3O3S. The molecule has 0 spiro atoms. The van der Waals surface area contributed by atoms with Crippen LogP contribution in [0.3, 0.4) is 0 Å². The zero-order chi connectivity index (χ0) is 14.8. The van der Waals surface area contributed by atoms with Crippen LogP contribution in [0, 0.1) is 0 Å². The molecular weight excluding hydrogens is 278 g/mol. The van der Waals surface area contributed by atoms with Gasteiger partial charge in [-0.15, -0.1) is 0 Å². The van der Waals surface area contributed by atoms with Gasteiger partial charge in [-0.1, -0.05) is 6.92 Å². The van der Waals surface area contributed by atoms with Crippen LogP contribution in [0.1, 0.15) is 23.0 Å². The second-order valence-electron chi connectivity index (χ2n) is 4.78. The minimum atomic E-state index is -2.98. The number of anilines is 1. The maximum absolute atomic E-state index is 12.4. The summed E-state index contributed by atoms with van der Waals surface area (Å²) in [7, 11) is -1.22. The minimum Gasteiger partial charge on any atom is -0.373 e. The Balaban J connectivity index is 2.21. The molecule has 1 aromatic rings. The highest BCUT2D eigenvalue weighted by atomic mass is 32.2. The fraction of sp³-hybridized carbons (Fsp3) is 0.538. The molecule has 1 aliphatic rings. The van der Waals surface area contributed by atoms with Gasteiger partial charge in [0.25, 0.3) is 5.91 Å². The lowest BCUT2D eigenvalue weighted by Gasteiger charge is -2.27. The fourth-order valence-electron chi connectivity index (χ4n) is 2.12. The number of sulfone groups is 1. The number of carbonyl (C=O) groups excluding carboxylic acids is 1. The molecule has 7 heteroatoms. The van der Waals surface area contributed by atoms with E-state index in [1.165, 1.54) is 0 Å². The molecule has 1 aromatic heterocycles. The Morgan fingerprint density at radius 2 is 2.00 bits per heavy atom. The monoisotopic (exact) mass is 297 g/mol. The molecule has 0 aliphatic carbocycles. The SMILES string of the molecule is CCc1cc(C(=O)N2CCS(=O)(=O)CC2)cc(NC)n1. The van der Waals surface area contributed by atoms with Gasteiger partial charge in [-0.3, -0.25) is 4.79 Å². The molecule has 6 nitrogen and oxygen atoms in total. The van der Waals surface area contributed by atoms with Crippen molar-refractivity contribution in [1.82, 2.24) is 9.88 Å². The van der Waals surface area contributed by atoms with Crippen LogP contribution < -0.4 is 5.32 Å². The molecule has 0 saturated carbocycles. The van der Waals surface area contributed by atoms with Crippen molar-refractivity contribution in [2.75, 3.05) is 37.0 Å². The highest BCUT2D eigenvalue weighted by Gasteiger charge is 2.26. The van der Waals surface area contributed by atoms with Crippen molar-refractivity contribution in [3.8, 4) is 0 Å². The first kappa shape index (κ1) is 14.8. The van der Waals surface area contributed by atoms with Gasteiger partial charge < -0.3 is 10.2 Å². The Labute approximate surface area is 119 Å². The van der Waals surface area contributed by atoms with Gasteiger partial charge in [0.2, 0.25) is 0 Å². The summed E-state index contributed by atoms with van der Waals surface area (Å²) in [6, 6.07) is 3.47. The third-order valence-corrected chi connectivity index (χ3v) is 4.98. The summed E-state index contributed by atoms with van der Waals surface area (Å²) in [5.74, 6) is 0.609. The Morgan fingerprint density at radius 1 is 1.35 bits per heavy atom. The fourth-order valence-corrected chi connectivity index (χ4v) is 3.32. The van der Waals surface area contributed by atoms with E-state index in [2.05, 4.69) is 10.3 Å². The molecule has 2 heterocycles. The number of carbonyl (C=O) groups is 1. The van der Waals surface area contributed by atoms with E-state index in [0.717, 1.165) is 12.1 Å². The second-order valence-corrected chi connectivity index (χ2v) is 7.08. The van der Waals surface area contributed by atoms with Gasteiger partial charge in [0.15, 0.2) is 9.84 Å². The maximum atomic E-state index is 12.4. The van der Waals surface area contributed by atoms with Crippen molar-refractivity contribution in [1.29, 1.82) is 0 Å². The first-order valence-corrected chi connectivity index (χ1v) is 8.45. The first-order valence-electron chi connectivity index (χ1n) is 6.63. The lowest BCUT2D eigenvalue weighted by atomic mass is 10.1. The number of hydrogen-bond donors (Lipinski definition) is 1. The number of aryl methyl sites for hydroxylation is 1. The molecule has 0 bridgehead atoms. The molecule has 110 valence electrons. The van der Waals surface area contributed by atoms with E-state index in [1.54, 1.807) is 24.1 Å².